The summed E-state index contributed by atoms with van der Waals surface area (Å²) in [6.07, 6.45) is 1.23. The lowest BCUT2D eigenvalue weighted by molar-refractivity contribution is -0.119. The molecule has 0 atom stereocenters. The molecule has 2 aromatic carbocycles. The largest absolute Gasteiger partial charge is 0.497 e. The van der Waals surface area contributed by atoms with E-state index < -0.39 is 11.9 Å². The highest BCUT2D eigenvalue weighted by molar-refractivity contribution is 7.17. The third-order valence-corrected chi connectivity index (χ3v) is 5.76. The number of thiophene rings is 1. The van der Waals surface area contributed by atoms with Crippen LogP contribution in [0.25, 0.3) is 10.4 Å². The van der Waals surface area contributed by atoms with Gasteiger partial charge in [0.05, 0.1) is 18.4 Å². The first-order chi connectivity index (χ1) is 14.9. The molecule has 1 aromatic heterocycles. The second kappa shape index (κ2) is 10.0. The number of carbonyl (C=O) groups is 2. The fraction of sp³-hybridized carbons (Fsp3) is 0.0909. The first-order valence-corrected chi connectivity index (χ1v) is 10.2. The van der Waals surface area contributed by atoms with Crippen molar-refractivity contribution in [1.82, 2.24) is 10.6 Å². The van der Waals surface area contributed by atoms with Crippen LogP contribution in [0.1, 0.15) is 20.8 Å². The Kier molecular flexibility index (Phi) is 7.17. The van der Waals surface area contributed by atoms with Gasteiger partial charge in [0.1, 0.15) is 5.75 Å². The van der Waals surface area contributed by atoms with Crippen molar-refractivity contribution in [2.75, 3.05) is 7.11 Å². The standard InChI is InChI=1S/C22H17ClN3O4S/c1-30-17-8-4-13(5-9-17)20(29)18-10-15(11-19(28)26-22(24)25-12-27)21(31-18)14-2-6-16(23)7-3-14/h2-10H,11H2,1H3,(H3,24,25,26,27,28). The van der Waals surface area contributed by atoms with Gasteiger partial charge in [-0.05, 0) is 53.6 Å². The number of ether oxygens (including phenoxy) is 1. The van der Waals surface area contributed by atoms with Crippen LogP contribution >= 0.6 is 22.9 Å². The number of benzene rings is 2. The molecule has 3 N–H and O–H groups in total. The zero-order chi connectivity index (χ0) is 22.4. The number of halogens is 1. The van der Waals surface area contributed by atoms with Gasteiger partial charge in [-0.25, -0.2) is 0 Å². The van der Waals surface area contributed by atoms with Gasteiger partial charge in [0, 0.05) is 15.5 Å². The number of amides is 2. The number of nitrogens with one attached hydrogen (secondary N) is 3. The van der Waals surface area contributed by atoms with Gasteiger partial charge >= 0.3 is 6.41 Å². The summed E-state index contributed by atoms with van der Waals surface area (Å²) in [5, 5.41) is 12.2. The number of carbonyl (C=O) groups excluding carboxylic acids is 3. The Balaban J connectivity index is 1.93. The quantitative estimate of drug-likeness (QED) is 0.219. The van der Waals surface area contributed by atoms with Crippen molar-refractivity contribution >= 4 is 47.0 Å². The molecule has 7 nitrogen and oxygen atoms in total. The van der Waals surface area contributed by atoms with Crippen molar-refractivity contribution in [3.05, 3.63) is 75.6 Å². The van der Waals surface area contributed by atoms with Crippen LogP contribution in [0.5, 0.6) is 5.75 Å². The molecule has 0 fully saturated rings. The molecule has 1 heterocycles. The molecule has 3 rings (SSSR count). The van der Waals surface area contributed by atoms with Crippen molar-refractivity contribution in [1.29, 1.82) is 5.41 Å². The summed E-state index contributed by atoms with van der Waals surface area (Å²) < 4.78 is 5.13. The van der Waals surface area contributed by atoms with Gasteiger partial charge in [-0.15, -0.1) is 11.3 Å². The van der Waals surface area contributed by atoms with E-state index in [2.05, 4.69) is 5.32 Å². The fourth-order valence-corrected chi connectivity index (χ4v) is 4.11. The lowest BCUT2D eigenvalue weighted by Crippen LogP contribution is -2.40. The Bertz CT molecular complexity index is 1120. The third kappa shape index (κ3) is 5.56. The van der Waals surface area contributed by atoms with E-state index >= 15 is 0 Å². The summed E-state index contributed by atoms with van der Waals surface area (Å²) in [5.74, 6) is -0.521. The van der Waals surface area contributed by atoms with Crippen molar-refractivity contribution in [3.8, 4) is 16.2 Å². The predicted molar refractivity (Wildman–Crippen MR) is 120 cm³/mol. The monoisotopic (exact) mass is 454 g/mol. The minimum atomic E-state index is -0.510. The molecule has 31 heavy (non-hydrogen) atoms. The van der Waals surface area contributed by atoms with Gasteiger partial charge in [-0.3, -0.25) is 30.4 Å². The first kappa shape index (κ1) is 22.2. The van der Waals surface area contributed by atoms with Crippen LogP contribution in [-0.4, -0.2) is 31.2 Å². The van der Waals surface area contributed by atoms with Gasteiger partial charge in [0.2, 0.25) is 17.6 Å². The smallest absolute Gasteiger partial charge is 0.316 e. The maximum atomic E-state index is 13.0. The van der Waals surface area contributed by atoms with E-state index in [1.165, 1.54) is 17.7 Å². The highest BCUT2D eigenvalue weighted by atomic mass is 35.5. The molecule has 0 spiro atoms. The zero-order valence-electron chi connectivity index (χ0n) is 16.3. The van der Waals surface area contributed by atoms with E-state index in [0.717, 1.165) is 10.4 Å². The summed E-state index contributed by atoms with van der Waals surface area (Å²) in [7, 11) is 1.55. The highest BCUT2D eigenvalue weighted by Gasteiger charge is 2.20. The van der Waals surface area contributed by atoms with Gasteiger partial charge in [-0.1, -0.05) is 23.7 Å². The van der Waals surface area contributed by atoms with Crippen molar-refractivity contribution in [2.45, 2.75) is 6.42 Å². The van der Waals surface area contributed by atoms with Crippen LogP contribution in [0, 0.1) is 5.41 Å². The molecular weight excluding hydrogens is 438 g/mol. The van der Waals surface area contributed by atoms with Gasteiger partial charge < -0.3 is 4.74 Å². The molecule has 0 saturated carbocycles. The second-order valence-corrected chi connectivity index (χ2v) is 7.85. The van der Waals surface area contributed by atoms with Crippen LogP contribution in [-0.2, 0) is 16.0 Å². The Morgan fingerprint density at radius 2 is 1.81 bits per heavy atom. The number of hydrogen-bond donors (Lipinski definition) is 3. The van der Waals surface area contributed by atoms with E-state index in [0.29, 0.717) is 26.8 Å². The van der Waals surface area contributed by atoms with Crippen molar-refractivity contribution < 1.29 is 19.1 Å². The minimum Gasteiger partial charge on any atom is -0.497 e. The van der Waals surface area contributed by atoms with E-state index in [1.807, 2.05) is 17.4 Å². The Labute approximate surface area is 187 Å². The molecule has 0 aliphatic rings. The summed E-state index contributed by atoms with van der Waals surface area (Å²) in [6, 6.07) is 15.5. The molecule has 0 bridgehead atoms. The number of methoxy groups -OCH3 is 1. The molecule has 3 aromatic rings. The van der Waals surface area contributed by atoms with Gasteiger partial charge in [0.25, 0.3) is 0 Å². The lowest BCUT2D eigenvalue weighted by Gasteiger charge is -2.06. The highest BCUT2D eigenvalue weighted by Crippen LogP contribution is 2.35. The third-order valence-electron chi connectivity index (χ3n) is 4.28. The minimum absolute atomic E-state index is 0.0900. The SMILES string of the molecule is COc1ccc(C(=O)c2cc(CC(=O)NC(=N)N[C]=O)c(-c3ccc(Cl)cc3)s2)cc1. The maximum absolute atomic E-state index is 13.0. The van der Waals surface area contributed by atoms with Crippen molar-refractivity contribution in [3.63, 3.8) is 0 Å². The Morgan fingerprint density at radius 1 is 1.13 bits per heavy atom. The average molecular weight is 455 g/mol. The maximum Gasteiger partial charge on any atom is 0.316 e. The molecule has 1 radical (unpaired) electrons. The average Bonchev–Trinajstić information content (AvgIpc) is 3.17. The summed E-state index contributed by atoms with van der Waals surface area (Å²) in [6.45, 7) is 0. The van der Waals surface area contributed by atoms with E-state index in [1.54, 1.807) is 49.6 Å². The molecule has 2 amide bonds. The van der Waals surface area contributed by atoms with Gasteiger partial charge in [0.15, 0.2) is 0 Å². The number of guanidine groups is 1. The van der Waals surface area contributed by atoms with Crippen LogP contribution < -0.4 is 15.4 Å². The topological polar surface area (TPSA) is 108 Å². The van der Waals surface area contributed by atoms with Crippen LogP contribution in [0.15, 0.2) is 54.6 Å². The van der Waals surface area contributed by atoms with E-state index in [4.69, 9.17) is 21.7 Å². The van der Waals surface area contributed by atoms with Crippen LogP contribution in [0.4, 0.5) is 0 Å². The first-order valence-electron chi connectivity index (χ1n) is 9.00. The molecule has 157 valence electrons. The molecule has 0 saturated heterocycles. The number of ketones is 1. The summed E-state index contributed by atoms with van der Waals surface area (Å²) in [4.78, 5) is 36.8. The Morgan fingerprint density at radius 3 is 2.42 bits per heavy atom. The van der Waals surface area contributed by atoms with E-state index in [-0.39, 0.29) is 12.2 Å². The number of hydrogen-bond acceptors (Lipinski definition) is 6. The molecule has 0 aliphatic heterocycles. The van der Waals surface area contributed by atoms with Crippen LogP contribution in [0.3, 0.4) is 0 Å². The zero-order valence-corrected chi connectivity index (χ0v) is 17.9. The molecule has 0 unspecified atom stereocenters. The summed E-state index contributed by atoms with van der Waals surface area (Å²) >= 11 is 7.25. The van der Waals surface area contributed by atoms with Crippen molar-refractivity contribution in [2.24, 2.45) is 0 Å². The lowest BCUT2D eigenvalue weighted by atomic mass is 10.0. The molecular formula is C22H17ClN3O4S. The molecule has 9 heteroatoms. The summed E-state index contributed by atoms with van der Waals surface area (Å²) in [5.41, 5.74) is 1.91. The van der Waals surface area contributed by atoms with E-state index in [9.17, 15) is 14.4 Å². The fourth-order valence-electron chi connectivity index (χ4n) is 2.84. The number of rotatable bonds is 7. The Hall–Kier alpha value is -3.49. The van der Waals surface area contributed by atoms with Crippen LogP contribution in [0.2, 0.25) is 5.02 Å². The molecule has 0 aliphatic carbocycles. The normalized spacial score (nSPS) is 10.3. The predicted octanol–water partition coefficient (Wildman–Crippen LogP) is 3.56. The second-order valence-electron chi connectivity index (χ2n) is 6.36. The van der Waals surface area contributed by atoms with Gasteiger partial charge in [-0.2, -0.15) is 0 Å².